The lowest BCUT2D eigenvalue weighted by molar-refractivity contribution is 0.338. The maximum atomic E-state index is 11.2. The first kappa shape index (κ1) is 12.4. The number of amidine groups is 1. The first-order chi connectivity index (χ1) is 7.55. The van der Waals surface area contributed by atoms with Crippen LogP contribution < -0.4 is 5.73 Å². The van der Waals surface area contributed by atoms with E-state index < -0.39 is 10.1 Å². The van der Waals surface area contributed by atoms with Crippen LogP contribution in [0.4, 0.5) is 0 Å². The van der Waals surface area contributed by atoms with Gasteiger partial charge in [0.25, 0.3) is 0 Å². The number of rotatable bonds is 5. The molecular weight excluding hydrogens is 230 g/mol. The van der Waals surface area contributed by atoms with E-state index in [0.717, 1.165) is 0 Å². The Hall–Kier alpha value is -1.63. The standard InChI is InChI=1S/C9H13N3O3S/c1-2-6-16(13,14)15-12-9(10)8-4-3-5-11-7-8/h3-5,7H,2,6H2,1H3,(H2,10,12). The van der Waals surface area contributed by atoms with Crippen molar-refractivity contribution in [2.24, 2.45) is 10.9 Å². The van der Waals surface area contributed by atoms with Crippen molar-refractivity contribution in [2.45, 2.75) is 13.3 Å². The summed E-state index contributed by atoms with van der Waals surface area (Å²) in [6.07, 6.45) is 3.50. The minimum Gasteiger partial charge on any atom is -0.380 e. The Morgan fingerprint density at radius 1 is 1.62 bits per heavy atom. The Balaban J connectivity index is 2.73. The summed E-state index contributed by atoms with van der Waals surface area (Å²) in [4.78, 5) is 3.82. The average molecular weight is 243 g/mol. The van der Waals surface area contributed by atoms with Crippen LogP contribution in [0.3, 0.4) is 0 Å². The van der Waals surface area contributed by atoms with Crippen molar-refractivity contribution in [3.8, 4) is 0 Å². The lowest BCUT2D eigenvalue weighted by Gasteiger charge is -2.01. The topological polar surface area (TPSA) is 94.6 Å². The quantitative estimate of drug-likeness (QED) is 0.460. The molecule has 1 aromatic heterocycles. The second-order valence-electron chi connectivity index (χ2n) is 3.05. The van der Waals surface area contributed by atoms with Crippen LogP contribution in [0.25, 0.3) is 0 Å². The molecule has 2 N–H and O–H groups in total. The molecule has 0 fully saturated rings. The lowest BCUT2D eigenvalue weighted by atomic mass is 10.3. The van der Waals surface area contributed by atoms with Crippen molar-refractivity contribution in [2.75, 3.05) is 5.75 Å². The molecule has 0 atom stereocenters. The summed E-state index contributed by atoms with van der Waals surface area (Å²) in [5, 5.41) is 3.35. The molecule has 0 saturated heterocycles. The Bertz CT molecular complexity index is 456. The fourth-order valence-electron chi connectivity index (χ4n) is 0.951. The van der Waals surface area contributed by atoms with Crippen molar-refractivity contribution in [1.82, 2.24) is 4.98 Å². The van der Waals surface area contributed by atoms with Gasteiger partial charge in [-0.25, -0.2) is 0 Å². The van der Waals surface area contributed by atoms with Gasteiger partial charge in [-0.3, -0.25) is 9.27 Å². The average Bonchev–Trinajstić information content (AvgIpc) is 2.27. The van der Waals surface area contributed by atoms with Crippen molar-refractivity contribution in [3.05, 3.63) is 30.1 Å². The minimum absolute atomic E-state index is 0.0206. The largest absolute Gasteiger partial charge is 0.380 e. The van der Waals surface area contributed by atoms with Gasteiger partial charge in [0.1, 0.15) is 0 Å². The molecule has 88 valence electrons. The molecule has 0 bridgehead atoms. The van der Waals surface area contributed by atoms with E-state index in [1.165, 1.54) is 6.20 Å². The van der Waals surface area contributed by atoms with Crippen LogP contribution in [0.15, 0.2) is 29.7 Å². The number of nitrogens with zero attached hydrogens (tertiary/aromatic N) is 2. The van der Waals surface area contributed by atoms with Gasteiger partial charge in [-0.2, -0.15) is 8.42 Å². The van der Waals surface area contributed by atoms with Crippen LogP contribution in [0.2, 0.25) is 0 Å². The SMILES string of the molecule is CCCS(=O)(=O)ON=C(N)c1cccnc1. The van der Waals surface area contributed by atoms with E-state index in [1.54, 1.807) is 25.3 Å². The number of hydrogen-bond acceptors (Lipinski definition) is 5. The fraction of sp³-hybridized carbons (Fsp3) is 0.333. The predicted octanol–water partition coefficient (Wildman–Crippen LogP) is 0.458. The third-order valence-electron chi connectivity index (χ3n) is 1.66. The van der Waals surface area contributed by atoms with Gasteiger partial charge < -0.3 is 5.73 Å². The number of aromatic nitrogens is 1. The molecule has 0 radical (unpaired) electrons. The summed E-state index contributed by atoms with van der Waals surface area (Å²) in [6, 6.07) is 3.32. The highest BCUT2D eigenvalue weighted by Crippen LogP contribution is 2.00. The Labute approximate surface area is 94.2 Å². The Morgan fingerprint density at radius 3 is 2.94 bits per heavy atom. The molecule has 7 heteroatoms. The van der Waals surface area contributed by atoms with E-state index in [4.69, 9.17) is 5.73 Å². The number of hydrogen-bond donors (Lipinski definition) is 1. The third-order valence-corrected chi connectivity index (χ3v) is 2.87. The van der Waals surface area contributed by atoms with E-state index in [1.807, 2.05) is 0 Å². The first-order valence-electron chi connectivity index (χ1n) is 4.70. The zero-order valence-corrected chi connectivity index (χ0v) is 9.64. The fourth-order valence-corrected chi connectivity index (χ4v) is 1.72. The molecule has 1 rings (SSSR count). The first-order valence-corrected chi connectivity index (χ1v) is 6.28. The van der Waals surface area contributed by atoms with Crippen LogP contribution in [-0.4, -0.2) is 25.0 Å². The van der Waals surface area contributed by atoms with Crippen molar-refractivity contribution in [1.29, 1.82) is 0 Å². The summed E-state index contributed by atoms with van der Waals surface area (Å²) in [5.41, 5.74) is 6.03. The summed E-state index contributed by atoms with van der Waals surface area (Å²) in [5.74, 6) is -0.107. The second-order valence-corrected chi connectivity index (χ2v) is 4.73. The van der Waals surface area contributed by atoms with Gasteiger partial charge >= 0.3 is 10.1 Å². The molecule has 1 aromatic rings. The van der Waals surface area contributed by atoms with Crippen molar-refractivity contribution < 1.29 is 12.7 Å². The highest BCUT2D eigenvalue weighted by atomic mass is 32.2. The normalized spacial score (nSPS) is 12.4. The highest BCUT2D eigenvalue weighted by molar-refractivity contribution is 7.86. The van der Waals surface area contributed by atoms with E-state index in [9.17, 15) is 8.42 Å². The number of pyridine rings is 1. The molecule has 1 heterocycles. The molecule has 0 spiro atoms. The molecule has 0 aliphatic carbocycles. The maximum absolute atomic E-state index is 11.2. The molecule has 16 heavy (non-hydrogen) atoms. The van der Waals surface area contributed by atoms with E-state index in [0.29, 0.717) is 12.0 Å². The Kier molecular flexibility index (Phi) is 4.24. The Morgan fingerprint density at radius 2 is 2.38 bits per heavy atom. The van der Waals surface area contributed by atoms with Crippen LogP contribution in [0.1, 0.15) is 18.9 Å². The predicted molar refractivity (Wildman–Crippen MR) is 60.1 cm³/mol. The molecule has 0 unspecified atom stereocenters. The smallest absolute Gasteiger partial charge is 0.328 e. The van der Waals surface area contributed by atoms with Crippen molar-refractivity contribution in [3.63, 3.8) is 0 Å². The number of nitrogens with two attached hydrogens (primary N) is 1. The molecule has 0 aliphatic heterocycles. The van der Waals surface area contributed by atoms with Crippen LogP contribution in [0.5, 0.6) is 0 Å². The number of oxime groups is 1. The van der Waals surface area contributed by atoms with Gasteiger partial charge in [0, 0.05) is 18.0 Å². The van der Waals surface area contributed by atoms with Crippen LogP contribution in [0, 0.1) is 0 Å². The van der Waals surface area contributed by atoms with Gasteiger partial charge in [-0.05, 0) is 23.7 Å². The van der Waals surface area contributed by atoms with Gasteiger partial charge in [-0.15, -0.1) is 0 Å². The zero-order chi connectivity index (χ0) is 12.0. The molecular formula is C9H13N3O3S. The minimum atomic E-state index is -3.62. The van der Waals surface area contributed by atoms with E-state index in [-0.39, 0.29) is 11.6 Å². The van der Waals surface area contributed by atoms with Gasteiger partial charge in [-0.1, -0.05) is 6.92 Å². The molecule has 0 aromatic carbocycles. The van der Waals surface area contributed by atoms with Gasteiger partial charge in [0.15, 0.2) is 5.84 Å². The molecule has 0 aliphatic rings. The highest BCUT2D eigenvalue weighted by Gasteiger charge is 2.10. The van der Waals surface area contributed by atoms with Gasteiger partial charge in [0.2, 0.25) is 0 Å². The summed E-state index contributed by atoms with van der Waals surface area (Å²) in [6.45, 7) is 1.73. The molecule has 0 amide bonds. The lowest BCUT2D eigenvalue weighted by Crippen LogP contribution is -2.16. The molecule has 0 saturated carbocycles. The van der Waals surface area contributed by atoms with Crippen LogP contribution in [-0.2, 0) is 14.4 Å². The third kappa shape index (κ3) is 3.85. The summed E-state index contributed by atoms with van der Waals surface area (Å²) >= 11 is 0. The monoisotopic (exact) mass is 243 g/mol. The zero-order valence-electron chi connectivity index (χ0n) is 8.83. The van der Waals surface area contributed by atoms with Crippen LogP contribution >= 0.6 is 0 Å². The summed E-state index contributed by atoms with van der Waals surface area (Å²) < 4.78 is 26.7. The summed E-state index contributed by atoms with van der Waals surface area (Å²) in [7, 11) is -3.62. The van der Waals surface area contributed by atoms with E-state index in [2.05, 4.69) is 14.4 Å². The maximum Gasteiger partial charge on any atom is 0.328 e. The molecule has 6 nitrogen and oxygen atoms in total. The van der Waals surface area contributed by atoms with Crippen molar-refractivity contribution >= 4 is 16.0 Å². The second kappa shape index (κ2) is 5.45. The van der Waals surface area contributed by atoms with Gasteiger partial charge in [0.05, 0.1) is 5.75 Å². The van der Waals surface area contributed by atoms with E-state index >= 15 is 0 Å².